The fourth-order valence-electron chi connectivity index (χ4n) is 7.66. The first-order valence-corrected chi connectivity index (χ1v) is 25.1. The van der Waals surface area contributed by atoms with Crippen LogP contribution in [-0.2, 0) is 23.8 Å². The molecule has 0 aliphatic carbocycles. The minimum Gasteiger partial charge on any atom is -0.468 e. The molecule has 0 aromatic carbocycles. The lowest BCUT2D eigenvalue weighted by atomic mass is 9.92. The van der Waals surface area contributed by atoms with Gasteiger partial charge in [-0.05, 0) is 83.8 Å². The molecule has 1 amide bonds. The van der Waals surface area contributed by atoms with Crippen LogP contribution in [0.5, 0.6) is 0 Å². The van der Waals surface area contributed by atoms with Crippen LogP contribution in [0.1, 0.15) is 247 Å². The average Bonchev–Trinajstić information content (AvgIpc) is 3.20. The Hall–Kier alpha value is -1.83. The lowest BCUT2D eigenvalue weighted by Gasteiger charge is -2.19. The van der Waals surface area contributed by atoms with E-state index in [9.17, 15) is 14.4 Å². The fourth-order valence-corrected chi connectivity index (χ4v) is 7.66. The van der Waals surface area contributed by atoms with Crippen molar-refractivity contribution in [3.63, 3.8) is 0 Å². The molecule has 0 fully saturated rings. The Kier molecular flexibility index (Phi) is 48.1. The molecule has 0 aliphatic rings. The zero-order chi connectivity index (χ0) is 43.2. The molecule has 0 aromatic rings. The smallest absolute Gasteiger partial charge is 0.407 e. The van der Waals surface area contributed by atoms with Crippen molar-refractivity contribution in [3.8, 4) is 0 Å². The third-order valence-electron chi connectivity index (χ3n) is 11.5. The van der Waals surface area contributed by atoms with Crippen molar-refractivity contribution in [2.24, 2.45) is 11.8 Å². The molecule has 1 atom stereocenters. The monoisotopic (exact) mass is 825 g/mol. The highest BCUT2D eigenvalue weighted by atomic mass is 16.6. The second-order valence-electron chi connectivity index (χ2n) is 17.5. The van der Waals surface area contributed by atoms with E-state index in [1.54, 1.807) is 0 Å². The summed E-state index contributed by atoms with van der Waals surface area (Å²) in [7, 11) is 4.09. The summed E-state index contributed by atoms with van der Waals surface area (Å²) in [6.45, 7) is 14.6. The maximum absolute atomic E-state index is 12.3. The highest BCUT2D eigenvalue weighted by Crippen LogP contribution is 2.23. The first kappa shape index (κ1) is 58.3. The van der Waals surface area contributed by atoms with Crippen molar-refractivity contribution < 1.29 is 28.6 Å². The van der Waals surface area contributed by atoms with Crippen LogP contribution in [0.3, 0.4) is 0 Å². The highest BCUT2D eigenvalue weighted by Gasteiger charge is 2.15. The van der Waals surface area contributed by atoms with Crippen LogP contribution in [0.25, 0.3) is 0 Å². The number of carbonyl (C=O) groups excluding carboxylic acids is 3. The van der Waals surface area contributed by atoms with Crippen LogP contribution in [0.4, 0.5) is 4.79 Å². The number of ether oxygens (including phenoxy) is 3. The molecule has 8 heteroatoms. The molecule has 0 saturated carbocycles. The van der Waals surface area contributed by atoms with Crippen molar-refractivity contribution in [1.29, 1.82) is 0 Å². The first-order valence-electron chi connectivity index (χ1n) is 25.1. The molecule has 1 N–H and O–H groups in total. The molecule has 0 aliphatic heterocycles. The van der Waals surface area contributed by atoms with Gasteiger partial charge in [-0.2, -0.15) is 0 Å². The van der Waals surface area contributed by atoms with E-state index in [1.165, 1.54) is 135 Å². The van der Waals surface area contributed by atoms with Gasteiger partial charge in [-0.25, -0.2) is 4.79 Å². The Morgan fingerprint density at radius 2 is 0.931 bits per heavy atom. The number of hydrogen-bond donors (Lipinski definition) is 1. The summed E-state index contributed by atoms with van der Waals surface area (Å²) in [6, 6.07) is 0. The van der Waals surface area contributed by atoms with Crippen LogP contribution in [-0.4, -0.2) is 69.9 Å². The van der Waals surface area contributed by atoms with Gasteiger partial charge in [0.2, 0.25) is 0 Å². The third-order valence-corrected chi connectivity index (χ3v) is 11.5. The quantitative estimate of drug-likeness (QED) is 0.0283. The molecule has 0 rings (SSSR count). The first-order chi connectivity index (χ1) is 28.3. The molecule has 0 radical (unpaired) electrons. The summed E-state index contributed by atoms with van der Waals surface area (Å²) >= 11 is 0. The molecular weight excluding hydrogens is 725 g/mol. The molecule has 1 unspecified atom stereocenters. The molecule has 0 spiro atoms. The zero-order valence-electron chi connectivity index (χ0n) is 39.9. The molecule has 0 aromatic heterocycles. The van der Waals surface area contributed by atoms with E-state index in [0.717, 1.165) is 83.1 Å². The number of alkyl carbamates (subject to hydrolysis) is 1. The predicted molar refractivity (Wildman–Crippen MR) is 248 cm³/mol. The Balaban J connectivity index is 0. The highest BCUT2D eigenvalue weighted by molar-refractivity contribution is 5.69. The molecule has 346 valence electrons. The van der Waals surface area contributed by atoms with E-state index < -0.39 is 0 Å². The Labute approximate surface area is 361 Å². The number of unbranched alkanes of at least 4 members (excludes halogenated alkanes) is 17. The Bertz CT molecular complexity index is 836. The number of carbonyl (C=O) groups is 3. The maximum atomic E-state index is 12.3. The van der Waals surface area contributed by atoms with Gasteiger partial charge in [0.1, 0.15) is 6.10 Å². The van der Waals surface area contributed by atoms with Gasteiger partial charge in [-0.15, -0.1) is 0 Å². The van der Waals surface area contributed by atoms with Crippen molar-refractivity contribution in [2.75, 3.05) is 40.4 Å². The number of esters is 1. The molecule has 0 bridgehead atoms. The van der Waals surface area contributed by atoms with Gasteiger partial charge in [0.15, 0.2) is 0 Å². The lowest BCUT2D eigenvalue weighted by molar-refractivity contribution is -0.144. The number of nitrogens with zero attached hydrogens (tertiary/aromatic N) is 1. The van der Waals surface area contributed by atoms with E-state index in [4.69, 9.17) is 14.2 Å². The summed E-state index contributed by atoms with van der Waals surface area (Å²) < 4.78 is 16.2. The van der Waals surface area contributed by atoms with Gasteiger partial charge < -0.3 is 24.4 Å². The van der Waals surface area contributed by atoms with E-state index in [0.29, 0.717) is 38.6 Å². The predicted octanol–water partition coefficient (Wildman–Crippen LogP) is 14.6. The largest absolute Gasteiger partial charge is 0.468 e. The number of rotatable bonds is 43. The van der Waals surface area contributed by atoms with Crippen LogP contribution >= 0.6 is 0 Å². The topological polar surface area (TPSA) is 94.2 Å². The summed E-state index contributed by atoms with van der Waals surface area (Å²) in [6.07, 6.45) is 38.7. The maximum Gasteiger partial charge on any atom is 0.407 e. The van der Waals surface area contributed by atoms with Crippen molar-refractivity contribution in [2.45, 2.75) is 253 Å². The molecule has 8 nitrogen and oxygen atoms in total. The van der Waals surface area contributed by atoms with Crippen LogP contribution in [0.2, 0.25) is 0 Å². The summed E-state index contributed by atoms with van der Waals surface area (Å²) in [5, 5.41) is 2.93. The third kappa shape index (κ3) is 45.3. The van der Waals surface area contributed by atoms with Gasteiger partial charge in [-0.1, -0.05) is 189 Å². The second kappa shape index (κ2) is 47.8. The molecule has 58 heavy (non-hydrogen) atoms. The minimum atomic E-state index is -0.267. The molecule has 0 saturated heterocycles. The number of hydrogen-bond acceptors (Lipinski definition) is 7. The van der Waals surface area contributed by atoms with Crippen molar-refractivity contribution >= 4 is 18.5 Å². The van der Waals surface area contributed by atoms with Gasteiger partial charge in [-0.3, -0.25) is 9.59 Å². The van der Waals surface area contributed by atoms with Crippen molar-refractivity contribution in [1.82, 2.24) is 10.2 Å². The van der Waals surface area contributed by atoms with Gasteiger partial charge >= 0.3 is 12.1 Å². The number of amides is 1. The van der Waals surface area contributed by atoms with Gasteiger partial charge in [0, 0.05) is 13.0 Å². The van der Waals surface area contributed by atoms with Gasteiger partial charge in [0.05, 0.1) is 13.2 Å². The standard InChI is InChI=1S/C36H72N2O4.C14H28O2/c1-6-9-12-13-15-20-26-34(42-36(40)37-30-23-31-38(4)5)27-21-16-14-17-22-28-35(39)41-32-29-33(24-18-10-7-2)25-19-11-8-3;1-3-5-7-9-14(10-8-6-4-2)11-12-16-13-15/h33-34H,6-32H2,1-5H3,(H,37,40);13-14H,3-12H2,1-2H3. The summed E-state index contributed by atoms with van der Waals surface area (Å²) in [5.41, 5.74) is 0. The molecule has 0 heterocycles. The fraction of sp³-hybridized carbons (Fsp3) is 0.940. The van der Waals surface area contributed by atoms with Crippen LogP contribution in [0.15, 0.2) is 0 Å². The van der Waals surface area contributed by atoms with E-state index in [-0.39, 0.29) is 18.2 Å². The van der Waals surface area contributed by atoms with Crippen LogP contribution < -0.4 is 5.32 Å². The Morgan fingerprint density at radius 1 is 0.517 bits per heavy atom. The SMILES string of the molecule is CCCCCC(CCCCC)CCOC=O.CCCCCCCCC(CCCCCCCC(=O)OCCC(CCCCC)CCCCC)OC(=O)NCCCN(C)C. The Morgan fingerprint density at radius 3 is 1.40 bits per heavy atom. The van der Waals surface area contributed by atoms with Crippen LogP contribution in [0, 0.1) is 11.8 Å². The van der Waals surface area contributed by atoms with Crippen molar-refractivity contribution in [3.05, 3.63) is 0 Å². The summed E-state index contributed by atoms with van der Waals surface area (Å²) in [4.78, 5) is 36.8. The normalized spacial score (nSPS) is 11.8. The van der Waals surface area contributed by atoms with E-state index in [1.807, 2.05) is 14.1 Å². The van der Waals surface area contributed by atoms with E-state index >= 15 is 0 Å². The summed E-state index contributed by atoms with van der Waals surface area (Å²) in [5.74, 6) is 1.44. The minimum absolute atomic E-state index is 0.00720. The number of nitrogens with one attached hydrogen (secondary N) is 1. The second-order valence-corrected chi connectivity index (χ2v) is 17.5. The molecular formula is C50H100N2O6. The lowest BCUT2D eigenvalue weighted by Crippen LogP contribution is -2.31. The van der Waals surface area contributed by atoms with E-state index in [2.05, 4.69) is 44.8 Å². The average molecular weight is 825 g/mol. The zero-order valence-corrected chi connectivity index (χ0v) is 39.9. The van der Waals surface area contributed by atoms with Gasteiger partial charge in [0.25, 0.3) is 6.47 Å².